The first-order valence-corrected chi connectivity index (χ1v) is 6.48. The van der Waals surface area contributed by atoms with Crippen LogP contribution in [-0.2, 0) is 9.47 Å². The van der Waals surface area contributed by atoms with Gasteiger partial charge in [0.2, 0.25) is 11.8 Å². The summed E-state index contributed by atoms with van der Waals surface area (Å²) >= 11 is 32.5. The number of alkyl halides is 6. The van der Waals surface area contributed by atoms with Crippen LogP contribution < -0.4 is 0 Å². The molecule has 0 aliphatic heterocycles. The standard InChI is InChI=1S/C8H8Cl6N2O2/c1-2-4(18-6(16)8(12,13)14)3-17-5(15)7(9,10)11/h2,4,15-16H,1,3H2. The summed E-state index contributed by atoms with van der Waals surface area (Å²) in [7, 11) is 0. The molecule has 0 saturated carbocycles. The average molecular weight is 377 g/mol. The van der Waals surface area contributed by atoms with Crippen molar-refractivity contribution in [2.75, 3.05) is 6.61 Å². The van der Waals surface area contributed by atoms with E-state index in [0.29, 0.717) is 0 Å². The Labute approximate surface area is 134 Å². The first-order chi connectivity index (χ1) is 7.98. The highest BCUT2D eigenvalue weighted by molar-refractivity contribution is 6.76. The maximum Gasteiger partial charge on any atom is 0.265 e. The molecule has 10 heteroatoms. The van der Waals surface area contributed by atoms with E-state index in [4.69, 9.17) is 89.9 Å². The quantitative estimate of drug-likeness (QED) is 0.333. The monoisotopic (exact) mass is 374 g/mol. The Bertz CT molecular complexity index is 335. The molecule has 0 rings (SSSR count). The number of hydrogen-bond donors (Lipinski definition) is 2. The lowest BCUT2D eigenvalue weighted by Crippen LogP contribution is -2.31. The Balaban J connectivity index is 4.35. The summed E-state index contributed by atoms with van der Waals surface area (Å²) in [6.45, 7) is 3.21. The highest BCUT2D eigenvalue weighted by Gasteiger charge is 2.32. The highest BCUT2D eigenvalue weighted by Crippen LogP contribution is 2.29. The van der Waals surface area contributed by atoms with E-state index < -0.39 is 25.5 Å². The van der Waals surface area contributed by atoms with Gasteiger partial charge in [0, 0.05) is 0 Å². The van der Waals surface area contributed by atoms with Crippen molar-refractivity contribution >= 4 is 81.4 Å². The minimum absolute atomic E-state index is 0.223. The summed E-state index contributed by atoms with van der Waals surface area (Å²) in [6, 6.07) is 0. The van der Waals surface area contributed by atoms with Gasteiger partial charge in [-0.25, -0.2) is 0 Å². The van der Waals surface area contributed by atoms with Gasteiger partial charge in [-0.05, 0) is 6.08 Å². The van der Waals surface area contributed by atoms with Gasteiger partial charge in [-0.2, -0.15) is 0 Å². The Morgan fingerprint density at radius 2 is 1.50 bits per heavy atom. The van der Waals surface area contributed by atoms with E-state index in [1.807, 2.05) is 0 Å². The smallest absolute Gasteiger partial charge is 0.265 e. The van der Waals surface area contributed by atoms with Crippen LogP contribution in [0.25, 0.3) is 0 Å². The van der Waals surface area contributed by atoms with Crippen molar-refractivity contribution in [1.82, 2.24) is 0 Å². The molecule has 0 aromatic carbocycles. The summed E-state index contributed by atoms with van der Waals surface area (Å²) in [5, 5.41) is 14.6. The molecule has 0 aromatic rings. The normalized spacial score (nSPS) is 13.7. The van der Waals surface area contributed by atoms with E-state index in [-0.39, 0.29) is 6.61 Å². The molecule has 2 N–H and O–H groups in total. The first kappa shape index (κ1) is 18.4. The molecule has 0 aliphatic carbocycles. The van der Waals surface area contributed by atoms with Gasteiger partial charge in [-0.15, -0.1) is 0 Å². The molecule has 0 aromatic heterocycles. The maximum atomic E-state index is 7.33. The van der Waals surface area contributed by atoms with Gasteiger partial charge in [0.15, 0.2) is 6.10 Å². The largest absolute Gasteiger partial charge is 0.474 e. The van der Waals surface area contributed by atoms with Gasteiger partial charge in [0.05, 0.1) is 0 Å². The molecule has 0 radical (unpaired) electrons. The van der Waals surface area contributed by atoms with E-state index in [1.54, 1.807) is 0 Å². The van der Waals surface area contributed by atoms with E-state index in [9.17, 15) is 0 Å². The zero-order valence-electron chi connectivity index (χ0n) is 8.65. The number of nitrogens with one attached hydrogen (secondary N) is 2. The van der Waals surface area contributed by atoms with Crippen LogP contribution in [0.2, 0.25) is 0 Å². The summed E-state index contributed by atoms with van der Waals surface area (Å²) in [6.07, 6.45) is 0.456. The van der Waals surface area contributed by atoms with Crippen LogP contribution in [0.4, 0.5) is 0 Å². The molecule has 18 heavy (non-hydrogen) atoms. The lowest BCUT2D eigenvalue weighted by Gasteiger charge is -2.21. The van der Waals surface area contributed by atoms with Gasteiger partial charge in [-0.1, -0.05) is 76.2 Å². The summed E-state index contributed by atoms with van der Waals surface area (Å²) in [4.78, 5) is 0. The van der Waals surface area contributed by atoms with E-state index >= 15 is 0 Å². The third-order valence-electron chi connectivity index (χ3n) is 1.44. The number of rotatable bonds is 4. The van der Waals surface area contributed by atoms with E-state index in [1.165, 1.54) is 6.08 Å². The van der Waals surface area contributed by atoms with Crippen molar-refractivity contribution in [3.8, 4) is 0 Å². The van der Waals surface area contributed by atoms with Crippen molar-refractivity contribution in [2.24, 2.45) is 0 Å². The second kappa shape index (κ2) is 7.27. The van der Waals surface area contributed by atoms with Crippen LogP contribution in [-0.4, -0.2) is 32.1 Å². The lowest BCUT2D eigenvalue weighted by molar-refractivity contribution is 0.142. The van der Waals surface area contributed by atoms with Crippen LogP contribution in [0.1, 0.15) is 0 Å². The summed E-state index contributed by atoms with van der Waals surface area (Å²) < 4.78 is 5.81. The third kappa shape index (κ3) is 7.12. The van der Waals surface area contributed by atoms with Gasteiger partial charge in [0.1, 0.15) is 6.61 Å². The molecule has 1 atom stereocenters. The predicted octanol–water partition coefficient (Wildman–Crippen LogP) is 4.27. The molecule has 104 valence electrons. The zero-order chi connectivity index (χ0) is 14.6. The second-order valence-electron chi connectivity index (χ2n) is 2.86. The van der Waals surface area contributed by atoms with Crippen molar-refractivity contribution < 1.29 is 9.47 Å². The zero-order valence-corrected chi connectivity index (χ0v) is 13.2. The fourth-order valence-electron chi connectivity index (χ4n) is 0.616. The molecular weight excluding hydrogens is 369 g/mol. The highest BCUT2D eigenvalue weighted by atomic mass is 35.6. The fourth-order valence-corrected chi connectivity index (χ4v) is 0.913. The van der Waals surface area contributed by atoms with Crippen LogP contribution in [0.5, 0.6) is 0 Å². The van der Waals surface area contributed by atoms with Gasteiger partial charge in [0.25, 0.3) is 7.59 Å². The minimum atomic E-state index is -2.00. The molecule has 0 heterocycles. The van der Waals surface area contributed by atoms with E-state index in [2.05, 4.69) is 6.58 Å². The predicted molar refractivity (Wildman–Crippen MR) is 77.1 cm³/mol. The minimum Gasteiger partial charge on any atom is -0.474 e. The molecule has 0 saturated heterocycles. The lowest BCUT2D eigenvalue weighted by atomic mass is 10.4. The summed E-state index contributed by atoms with van der Waals surface area (Å²) in [5.41, 5.74) is 0. The Morgan fingerprint density at radius 3 is 1.83 bits per heavy atom. The van der Waals surface area contributed by atoms with Crippen LogP contribution in [0.15, 0.2) is 12.7 Å². The van der Waals surface area contributed by atoms with Crippen LogP contribution in [0, 0.1) is 10.8 Å². The molecule has 0 fully saturated rings. The molecule has 1 unspecified atom stereocenters. The van der Waals surface area contributed by atoms with Gasteiger partial charge < -0.3 is 9.47 Å². The van der Waals surface area contributed by atoms with Crippen LogP contribution in [0.3, 0.4) is 0 Å². The summed E-state index contributed by atoms with van der Waals surface area (Å²) in [5.74, 6) is -1.20. The Morgan fingerprint density at radius 1 is 1.06 bits per heavy atom. The molecule has 0 spiro atoms. The number of halogens is 6. The van der Waals surface area contributed by atoms with Crippen molar-refractivity contribution in [1.29, 1.82) is 10.8 Å². The third-order valence-corrected chi connectivity index (χ3v) is 2.47. The second-order valence-corrected chi connectivity index (χ2v) is 7.42. The number of ether oxygens (including phenoxy) is 2. The topological polar surface area (TPSA) is 66.2 Å². The Kier molecular flexibility index (Phi) is 7.44. The number of hydrogen-bond acceptors (Lipinski definition) is 4. The van der Waals surface area contributed by atoms with E-state index in [0.717, 1.165) is 0 Å². The van der Waals surface area contributed by atoms with Gasteiger partial charge in [-0.3, -0.25) is 10.8 Å². The molecule has 0 bridgehead atoms. The maximum absolute atomic E-state index is 7.33. The average Bonchev–Trinajstić information content (AvgIpc) is 2.20. The molecular formula is C8H8Cl6N2O2. The van der Waals surface area contributed by atoms with Crippen molar-refractivity contribution in [3.63, 3.8) is 0 Å². The van der Waals surface area contributed by atoms with Crippen molar-refractivity contribution in [3.05, 3.63) is 12.7 Å². The van der Waals surface area contributed by atoms with Gasteiger partial charge >= 0.3 is 0 Å². The Hall–Kier alpha value is 0.420. The first-order valence-electron chi connectivity index (χ1n) is 4.22. The molecule has 0 aliphatic rings. The molecule has 4 nitrogen and oxygen atoms in total. The van der Waals surface area contributed by atoms with Crippen molar-refractivity contribution in [2.45, 2.75) is 13.7 Å². The molecule has 0 amide bonds. The van der Waals surface area contributed by atoms with Crippen LogP contribution >= 0.6 is 69.6 Å². The fraction of sp³-hybridized carbons (Fsp3) is 0.500. The SMILES string of the molecule is C=CC(COC(=N)C(Cl)(Cl)Cl)OC(=N)C(Cl)(Cl)Cl.